The first kappa shape index (κ1) is 17.2. The van der Waals surface area contributed by atoms with Gasteiger partial charge >= 0.3 is 0 Å². The summed E-state index contributed by atoms with van der Waals surface area (Å²) in [5, 5.41) is 21.4. The Kier molecular flexibility index (Phi) is 3.86. The van der Waals surface area contributed by atoms with Crippen LogP contribution in [0.4, 0.5) is 0 Å². The Hall–Kier alpha value is -1.26. The molecule has 7 atom stereocenters. The lowest BCUT2D eigenvalue weighted by atomic mass is 9.46. The first-order chi connectivity index (χ1) is 11.8. The van der Waals surface area contributed by atoms with Gasteiger partial charge in [-0.25, -0.2) is 0 Å². The fourth-order valence-electron chi connectivity index (χ4n) is 7.02. The average molecular weight is 344 g/mol. The first-order valence-corrected chi connectivity index (χ1v) is 9.57. The minimum Gasteiger partial charge on any atom is -0.396 e. The first-order valence-electron chi connectivity index (χ1n) is 9.57. The average Bonchev–Trinajstić information content (AvgIpc) is 2.95. The second-order valence-corrected chi connectivity index (χ2v) is 8.93. The molecule has 4 heteroatoms. The van der Waals surface area contributed by atoms with Crippen molar-refractivity contribution >= 4 is 11.6 Å². The fraction of sp³-hybridized carbons (Fsp3) is 0.714. The highest BCUT2D eigenvalue weighted by atomic mass is 16.3. The Balaban J connectivity index is 1.75. The maximum atomic E-state index is 12.2. The second-order valence-electron chi connectivity index (χ2n) is 8.93. The fourth-order valence-corrected chi connectivity index (χ4v) is 7.02. The lowest BCUT2D eigenvalue weighted by Crippen LogP contribution is -2.58. The van der Waals surface area contributed by atoms with Gasteiger partial charge in [-0.15, -0.1) is 0 Å². The third-order valence-corrected chi connectivity index (χ3v) is 8.01. The monoisotopic (exact) mass is 344 g/mol. The van der Waals surface area contributed by atoms with Crippen molar-refractivity contribution in [3.05, 3.63) is 23.8 Å². The lowest BCUT2D eigenvalue weighted by Gasteiger charge is -2.59. The van der Waals surface area contributed by atoms with Crippen LogP contribution in [0.25, 0.3) is 0 Å². The van der Waals surface area contributed by atoms with E-state index in [1.54, 1.807) is 19.1 Å². The molecular formula is C21H28O4. The molecule has 4 aliphatic carbocycles. The van der Waals surface area contributed by atoms with Gasteiger partial charge in [0.15, 0.2) is 5.78 Å². The zero-order valence-corrected chi connectivity index (χ0v) is 15.1. The quantitative estimate of drug-likeness (QED) is 0.807. The van der Waals surface area contributed by atoms with Crippen molar-refractivity contribution in [2.75, 3.05) is 6.61 Å². The third kappa shape index (κ3) is 2.20. The summed E-state index contributed by atoms with van der Waals surface area (Å²) >= 11 is 0. The number of carbonyl (C=O) groups is 2. The van der Waals surface area contributed by atoms with E-state index in [2.05, 4.69) is 6.92 Å². The highest BCUT2D eigenvalue weighted by Gasteiger charge is 2.63. The molecule has 4 aliphatic rings. The molecule has 0 spiro atoms. The largest absolute Gasteiger partial charge is 0.396 e. The normalized spacial score (nSPS) is 48.4. The van der Waals surface area contributed by atoms with Crippen LogP contribution in [0.15, 0.2) is 23.8 Å². The van der Waals surface area contributed by atoms with Crippen molar-refractivity contribution < 1.29 is 19.8 Å². The number of hydrogen-bond donors (Lipinski definition) is 2. The molecule has 25 heavy (non-hydrogen) atoms. The molecule has 4 nitrogen and oxygen atoms in total. The van der Waals surface area contributed by atoms with Crippen LogP contribution < -0.4 is 0 Å². The number of ketones is 2. The Morgan fingerprint density at radius 3 is 2.76 bits per heavy atom. The molecule has 4 rings (SSSR count). The van der Waals surface area contributed by atoms with Gasteiger partial charge in [0.25, 0.3) is 0 Å². The zero-order chi connectivity index (χ0) is 18.0. The molecule has 0 heterocycles. The van der Waals surface area contributed by atoms with Gasteiger partial charge in [0.05, 0.1) is 6.10 Å². The standard InChI is InChI=1S/C21H28O4/c1-12(23)16-5-6-17-15-4-3-13-9-14(24)7-8-20(13,2)19(15)18(25)10-21(16,17)11-22/h7-9,15-19,22,25H,3-6,10-11H2,1-2H3/t15-,16+,17-,18?,19+,20-,21-/m0/s1. The Labute approximate surface area is 149 Å². The zero-order valence-electron chi connectivity index (χ0n) is 15.1. The Morgan fingerprint density at radius 2 is 2.08 bits per heavy atom. The van der Waals surface area contributed by atoms with Crippen LogP contribution in [0.2, 0.25) is 0 Å². The summed E-state index contributed by atoms with van der Waals surface area (Å²) in [5.41, 5.74) is 0.391. The summed E-state index contributed by atoms with van der Waals surface area (Å²) in [6.45, 7) is 3.75. The number of aliphatic hydroxyl groups is 2. The van der Waals surface area contributed by atoms with Crippen molar-refractivity contribution in [3.8, 4) is 0 Å². The van der Waals surface area contributed by atoms with E-state index >= 15 is 0 Å². The van der Waals surface area contributed by atoms with E-state index in [1.165, 1.54) is 0 Å². The molecule has 0 bridgehead atoms. The number of fused-ring (bicyclic) bond motifs is 5. The second kappa shape index (κ2) is 5.62. The summed E-state index contributed by atoms with van der Waals surface area (Å²) in [5.74, 6) is 0.689. The molecule has 0 saturated heterocycles. The highest BCUT2D eigenvalue weighted by molar-refractivity contribution is 6.01. The molecule has 136 valence electrons. The van der Waals surface area contributed by atoms with Gasteiger partial charge in [0.1, 0.15) is 5.78 Å². The summed E-state index contributed by atoms with van der Waals surface area (Å²) in [6.07, 6.45) is 8.90. The molecule has 0 radical (unpaired) electrons. The van der Waals surface area contributed by atoms with Gasteiger partial charge in [0.2, 0.25) is 0 Å². The topological polar surface area (TPSA) is 74.6 Å². The van der Waals surface area contributed by atoms with Crippen LogP contribution in [-0.4, -0.2) is 34.5 Å². The molecule has 3 fully saturated rings. The van der Waals surface area contributed by atoms with E-state index in [1.807, 2.05) is 6.08 Å². The van der Waals surface area contributed by atoms with Gasteiger partial charge in [-0.05, 0) is 63.0 Å². The van der Waals surface area contributed by atoms with E-state index in [-0.39, 0.29) is 41.3 Å². The van der Waals surface area contributed by atoms with Gasteiger partial charge in [0, 0.05) is 29.3 Å². The Bertz CT molecular complexity index is 677. The molecule has 0 amide bonds. The predicted octanol–water partition coefficient (Wildman–Crippen LogP) is 2.44. The highest BCUT2D eigenvalue weighted by Crippen LogP contribution is 2.66. The molecule has 0 aromatic carbocycles. The van der Waals surface area contributed by atoms with E-state index in [4.69, 9.17) is 0 Å². The summed E-state index contributed by atoms with van der Waals surface area (Å²) < 4.78 is 0. The predicted molar refractivity (Wildman–Crippen MR) is 93.6 cm³/mol. The molecule has 1 unspecified atom stereocenters. The van der Waals surface area contributed by atoms with Crippen molar-refractivity contribution in [3.63, 3.8) is 0 Å². The van der Waals surface area contributed by atoms with Gasteiger partial charge in [-0.1, -0.05) is 18.6 Å². The van der Waals surface area contributed by atoms with Crippen LogP contribution in [0.1, 0.15) is 46.0 Å². The number of carbonyl (C=O) groups excluding carboxylic acids is 2. The molecule has 0 aromatic heterocycles. The summed E-state index contributed by atoms with van der Waals surface area (Å²) in [7, 11) is 0. The maximum absolute atomic E-state index is 12.2. The molecule has 0 aromatic rings. The number of allylic oxidation sites excluding steroid dienone is 4. The number of hydrogen-bond acceptors (Lipinski definition) is 4. The van der Waals surface area contributed by atoms with Crippen LogP contribution in [0.5, 0.6) is 0 Å². The minimum absolute atomic E-state index is 0.0179. The van der Waals surface area contributed by atoms with Gasteiger partial charge in [-0.2, -0.15) is 0 Å². The molecule has 3 saturated carbocycles. The van der Waals surface area contributed by atoms with E-state index in [0.717, 1.165) is 31.3 Å². The SMILES string of the molecule is CC(=O)[C@H]1CC[C@H]2[C@@H]3CCC4=CC(=O)C=C[C@]4(C)[C@H]3C(O)C[C@]12CO. The van der Waals surface area contributed by atoms with Crippen LogP contribution >= 0.6 is 0 Å². The molecule has 2 N–H and O–H groups in total. The summed E-state index contributed by atoms with van der Waals surface area (Å²) in [6, 6.07) is 0. The van der Waals surface area contributed by atoms with Crippen molar-refractivity contribution in [2.24, 2.45) is 34.5 Å². The molecule has 0 aliphatic heterocycles. The van der Waals surface area contributed by atoms with Crippen LogP contribution in [0.3, 0.4) is 0 Å². The van der Waals surface area contributed by atoms with Crippen molar-refractivity contribution in [1.82, 2.24) is 0 Å². The lowest BCUT2D eigenvalue weighted by molar-refractivity contribution is -0.149. The van der Waals surface area contributed by atoms with Crippen molar-refractivity contribution in [1.29, 1.82) is 0 Å². The smallest absolute Gasteiger partial charge is 0.178 e. The number of rotatable bonds is 2. The van der Waals surface area contributed by atoms with Crippen LogP contribution in [0, 0.1) is 34.5 Å². The van der Waals surface area contributed by atoms with E-state index in [9.17, 15) is 19.8 Å². The summed E-state index contributed by atoms with van der Waals surface area (Å²) in [4.78, 5) is 24.0. The number of aliphatic hydroxyl groups excluding tert-OH is 2. The number of Topliss-reactive ketones (excluding diaryl/α,β-unsaturated/α-hetero) is 1. The maximum Gasteiger partial charge on any atom is 0.178 e. The molecular weight excluding hydrogens is 316 g/mol. The van der Waals surface area contributed by atoms with Crippen molar-refractivity contribution in [2.45, 2.75) is 52.1 Å². The third-order valence-electron chi connectivity index (χ3n) is 8.01. The Morgan fingerprint density at radius 1 is 1.32 bits per heavy atom. The van der Waals surface area contributed by atoms with Gasteiger partial charge < -0.3 is 10.2 Å². The van der Waals surface area contributed by atoms with Crippen LogP contribution in [-0.2, 0) is 9.59 Å². The minimum atomic E-state index is -0.556. The van der Waals surface area contributed by atoms with E-state index < -0.39 is 11.5 Å². The van der Waals surface area contributed by atoms with E-state index in [0.29, 0.717) is 12.3 Å². The van der Waals surface area contributed by atoms with Gasteiger partial charge in [-0.3, -0.25) is 9.59 Å².